The molecule has 0 spiro atoms. The second-order valence-corrected chi connectivity index (χ2v) is 22.6. The number of para-hydroxylation sites is 3. The molecule has 8 heteroatoms. The van der Waals surface area contributed by atoms with E-state index in [4.69, 9.17) is 9.72 Å². The zero-order valence-corrected chi connectivity index (χ0v) is 46.0. The van der Waals surface area contributed by atoms with E-state index < -0.39 is 0 Å². The van der Waals surface area contributed by atoms with Gasteiger partial charge in [-0.25, -0.2) is 4.98 Å². The fourth-order valence-electron chi connectivity index (χ4n) is 10.5. The summed E-state index contributed by atoms with van der Waals surface area (Å²) in [6.45, 7) is 22.6. The summed E-state index contributed by atoms with van der Waals surface area (Å²) in [6.07, 6.45) is 1.87. The van der Waals surface area contributed by atoms with Crippen LogP contribution in [0.5, 0.6) is 11.5 Å². The second kappa shape index (κ2) is 18.5. The Morgan fingerprint density at radius 1 is 0.520 bits per heavy atom. The van der Waals surface area contributed by atoms with Gasteiger partial charge in [-0.2, -0.15) is 17.4 Å². The Morgan fingerprint density at radius 3 is 1.87 bits per heavy atom. The van der Waals surface area contributed by atoms with Crippen molar-refractivity contribution in [3.05, 3.63) is 217 Å². The third kappa shape index (κ3) is 8.75. The van der Waals surface area contributed by atoms with Crippen LogP contribution in [-0.2, 0) is 37.3 Å². The number of nitriles is 1. The summed E-state index contributed by atoms with van der Waals surface area (Å²) in [5.41, 5.74) is 15.5. The van der Waals surface area contributed by atoms with E-state index in [0.29, 0.717) is 17.1 Å². The Bertz CT molecular complexity index is 3990. The fraction of sp³-hybridized carbons (Fsp3) is 0.179. The summed E-state index contributed by atoms with van der Waals surface area (Å²) in [5.74, 6) is 1.86. The Labute approximate surface area is 454 Å². The average molecular weight is 1160 g/mol. The van der Waals surface area contributed by atoms with Gasteiger partial charge in [0.1, 0.15) is 5.82 Å². The first kappa shape index (κ1) is 49.3. The van der Waals surface area contributed by atoms with Gasteiger partial charge in [-0.3, -0.25) is 0 Å². The van der Waals surface area contributed by atoms with E-state index in [9.17, 15) is 5.26 Å². The molecule has 0 amide bonds. The molecule has 0 aliphatic carbocycles. The van der Waals surface area contributed by atoms with Crippen LogP contribution in [0.2, 0.25) is 0 Å². The molecule has 4 heterocycles. The molecule has 0 atom stereocenters. The molecule has 0 unspecified atom stereocenters. The molecule has 0 radical (unpaired) electrons. The van der Waals surface area contributed by atoms with E-state index in [-0.39, 0.29) is 37.3 Å². The third-order valence-electron chi connectivity index (χ3n) is 14.5. The van der Waals surface area contributed by atoms with Crippen molar-refractivity contribution in [3.8, 4) is 40.2 Å². The van der Waals surface area contributed by atoms with Gasteiger partial charge < -0.3 is 23.7 Å². The summed E-state index contributed by atoms with van der Waals surface area (Å²) < 4.78 is 11.3. The topological polar surface area (TPSA) is 62.2 Å². The summed E-state index contributed by atoms with van der Waals surface area (Å²) in [5, 5.41) is 14.3. The minimum absolute atomic E-state index is 0. The van der Waals surface area contributed by atoms with Crippen molar-refractivity contribution in [1.29, 1.82) is 5.26 Å². The molecule has 1 aliphatic heterocycles. The van der Waals surface area contributed by atoms with E-state index in [0.717, 1.165) is 67.2 Å². The maximum atomic E-state index is 9.89. The predicted molar refractivity (Wildman–Crippen MR) is 305 cm³/mol. The number of pyridine rings is 1. The molecule has 0 saturated carbocycles. The Hall–Kier alpha value is -7.91. The van der Waals surface area contributed by atoms with E-state index in [2.05, 4.69) is 240 Å². The quantitative estimate of drug-likeness (QED) is 0.149. The molecular formula is C67H57N6OPt-3. The molecule has 12 rings (SSSR count). The SMILES string of the molecule is CC(C)(C)c1cc(N2[CH-]N(c3[c-]c(Oc4[c-]c5c(cc4)c4cc(C#N)ccc4n5-c4cc(C(C)(C)C)ccn4)ccc3)c3cccc(-c4cccc(-n5c6ccccc6c6ccccc65)c4)c32)cc(C(C)(C)C)c1.[Pt]. The predicted octanol–water partition coefficient (Wildman–Crippen LogP) is 17.5. The maximum absolute atomic E-state index is 9.89. The zero-order chi connectivity index (χ0) is 51.3. The molecule has 0 bridgehead atoms. The number of hydrogen-bond donors (Lipinski definition) is 0. The summed E-state index contributed by atoms with van der Waals surface area (Å²) in [4.78, 5) is 9.46. The van der Waals surface area contributed by atoms with Crippen LogP contribution >= 0.6 is 0 Å². The van der Waals surface area contributed by atoms with Crippen molar-refractivity contribution in [2.75, 3.05) is 9.80 Å². The van der Waals surface area contributed by atoms with Gasteiger partial charge in [0.2, 0.25) is 0 Å². The molecule has 374 valence electrons. The molecule has 0 fully saturated rings. The minimum atomic E-state index is -0.0885. The van der Waals surface area contributed by atoms with Crippen molar-refractivity contribution >= 4 is 66.4 Å². The molecule has 0 N–H and O–H groups in total. The first-order valence-electron chi connectivity index (χ1n) is 25.4. The smallest absolute Gasteiger partial charge is 0.135 e. The monoisotopic (exact) mass is 1160 g/mol. The molecule has 11 aromatic rings. The van der Waals surface area contributed by atoms with Crippen LogP contribution in [0.4, 0.5) is 22.7 Å². The van der Waals surface area contributed by atoms with E-state index >= 15 is 0 Å². The average Bonchev–Trinajstić information content (AvgIpc) is 4.06. The van der Waals surface area contributed by atoms with Gasteiger partial charge in [0.05, 0.1) is 22.7 Å². The zero-order valence-electron chi connectivity index (χ0n) is 43.7. The minimum Gasteiger partial charge on any atom is -0.509 e. The number of hydrogen-bond acceptors (Lipinski definition) is 5. The van der Waals surface area contributed by atoms with Crippen LogP contribution in [0.15, 0.2) is 176 Å². The van der Waals surface area contributed by atoms with Crippen molar-refractivity contribution in [3.63, 3.8) is 0 Å². The van der Waals surface area contributed by atoms with Gasteiger partial charge in [-0.1, -0.05) is 135 Å². The molecule has 0 saturated heterocycles. The third-order valence-corrected chi connectivity index (χ3v) is 14.5. The molecular weight excluding hydrogens is 1100 g/mol. The van der Waals surface area contributed by atoms with Gasteiger partial charge in [-0.15, -0.1) is 48.1 Å². The van der Waals surface area contributed by atoms with E-state index in [1.54, 1.807) is 0 Å². The maximum Gasteiger partial charge on any atom is 0.135 e. The summed E-state index contributed by atoms with van der Waals surface area (Å²) >= 11 is 0. The van der Waals surface area contributed by atoms with Crippen LogP contribution in [0.1, 0.15) is 84.6 Å². The van der Waals surface area contributed by atoms with Crippen molar-refractivity contribution in [1.82, 2.24) is 14.1 Å². The Balaban J connectivity index is 0.00000602. The second-order valence-electron chi connectivity index (χ2n) is 22.6. The number of anilines is 4. The normalized spacial score (nSPS) is 12.9. The molecule has 8 aromatic carbocycles. The summed E-state index contributed by atoms with van der Waals surface area (Å²) in [6, 6.07) is 69.7. The van der Waals surface area contributed by atoms with Crippen LogP contribution < -0.4 is 14.5 Å². The van der Waals surface area contributed by atoms with E-state index in [1.807, 2.05) is 42.6 Å². The summed E-state index contributed by atoms with van der Waals surface area (Å²) in [7, 11) is 0. The van der Waals surface area contributed by atoms with Gasteiger partial charge in [-0.05, 0) is 117 Å². The van der Waals surface area contributed by atoms with Crippen LogP contribution in [-0.4, -0.2) is 14.1 Å². The number of rotatable bonds is 7. The van der Waals surface area contributed by atoms with Crippen molar-refractivity contribution in [2.45, 2.75) is 78.6 Å². The molecule has 1 aliphatic rings. The first-order chi connectivity index (χ1) is 35.5. The first-order valence-corrected chi connectivity index (χ1v) is 25.4. The largest absolute Gasteiger partial charge is 0.509 e. The number of aromatic nitrogens is 3. The van der Waals surface area contributed by atoms with Gasteiger partial charge >= 0.3 is 0 Å². The van der Waals surface area contributed by atoms with Crippen LogP contribution in [0.3, 0.4) is 0 Å². The molecule has 7 nitrogen and oxygen atoms in total. The van der Waals surface area contributed by atoms with Gasteiger partial charge in [0.15, 0.2) is 0 Å². The Morgan fingerprint density at radius 2 is 1.17 bits per heavy atom. The number of benzene rings is 8. The number of ether oxygens (including phenoxy) is 1. The van der Waals surface area contributed by atoms with E-state index in [1.165, 1.54) is 38.5 Å². The van der Waals surface area contributed by atoms with Gasteiger partial charge in [0.25, 0.3) is 0 Å². The Kier molecular flexibility index (Phi) is 12.1. The van der Waals surface area contributed by atoms with Crippen LogP contribution in [0, 0.1) is 30.1 Å². The number of nitrogens with zero attached hydrogens (tertiary/aromatic N) is 6. The van der Waals surface area contributed by atoms with Crippen molar-refractivity contribution < 1.29 is 25.8 Å². The fourth-order valence-corrected chi connectivity index (χ4v) is 10.5. The van der Waals surface area contributed by atoms with Crippen molar-refractivity contribution in [2.24, 2.45) is 0 Å². The standard InChI is InChI=1S/C67H57N6O.Pt/c1-65(2,3)45-31-32-69-63(38-45)73-60-30-27-43(41-68)33-57(60)56-29-28-52(40-62(56)73)74-51-20-15-18-48(39-51)70-42-71(50-36-46(66(4,5)6)35-47(37-50)67(7,8)9)64-53(23-16-26-61(64)70)44-17-14-19-49(34-44)72-58-24-12-10-21-54(58)55-22-11-13-25-59(55)72;/h10-38,42H,1-9H3;/q-3;. The van der Waals surface area contributed by atoms with Crippen LogP contribution in [0.25, 0.3) is 66.2 Å². The molecule has 3 aromatic heterocycles. The number of fused-ring (bicyclic) bond motifs is 7. The molecule has 75 heavy (non-hydrogen) atoms. The van der Waals surface area contributed by atoms with Gasteiger partial charge in [0, 0.05) is 83.4 Å².